The molecule has 3 rings (SSSR count). The smallest absolute Gasteiger partial charge is 0.330 e. The van der Waals surface area contributed by atoms with Gasteiger partial charge in [-0.2, -0.15) is 8.42 Å². The second kappa shape index (κ2) is 5.68. The second-order valence-corrected chi connectivity index (χ2v) is 6.70. The number of rotatable bonds is 3. The molecule has 3 N–H and O–H groups in total. The Hall–Kier alpha value is -2.81. The molecule has 1 heterocycles. The van der Waals surface area contributed by atoms with Crippen molar-refractivity contribution in [2.45, 2.75) is 6.42 Å². The Bertz CT molecular complexity index is 944. The third-order valence-corrected chi connectivity index (χ3v) is 4.70. The van der Waals surface area contributed by atoms with Gasteiger partial charge >= 0.3 is 10.2 Å². The molecule has 0 saturated heterocycles. The minimum Gasteiger partial charge on any atom is -0.506 e. The topological polar surface area (TPSA) is 89.9 Å². The first-order valence-electron chi connectivity index (χ1n) is 6.75. The van der Waals surface area contributed by atoms with Gasteiger partial charge in [-0.05, 0) is 41.5 Å². The molecule has 6 nitrogen and oxygen atoms in total. The number of nitrogens with one attached hydrogen (secondary N) is 1. The molecule has 1 aliphatic rings. The Kier molecular flexibility index (Phi) is 3.80. The van der Waals surface area contributed by atoms with Crippen molar-refractivity contribution in [2.24, 2.45) is 0 Å². The zero-order chi connectivity index (χ0) is 17.5. The van der Waals surface area contributed by atoms with Crippen LogP contribution in [0.2, 0.25) is 0 Å². The Morgan fingerprint density at radius 2 is 1.83 bits per heavy atom. The summed E-state index contributed by atoms with van der Waals surface area (Å²) >= 11 is 0. The summed E-state index contributed by atoms with van der Waals surface area (Å²) in [5.41, 5.74) is 0.476. The molecule has 2 aromatic rings. The Balaban J connectivity index is 1.92. The molecule has 0 bridgehead atoms. The van der Waals surface area contributed by atoms with Crippen molar-refractivity contribution < 1.29 is 27.4 Å². The molecule has 0 aliphatic carbocycles. The number of hydrogen-bond donors (Lipinski definition) is 3. The third kappa shape index (κ3) is 2.98. The van der Waals surface area contributed by atoms with Gasteiger partial charge in [0.25, 0.3) is 0 Å². The van der Waals surface area contributed by atoms with Crippen molar-refractivity contribution in [3.63, 3.8) is 0 Å². The molecule has 0 spiro atoms. The first-order chi connectivity index (χ1) is 11.3. The highest BCUT2D eigenvalue weighted by molar-refractivity contribution is 7.91. The normalized spacial score (nSPS) is 15.9. The average Bonchev–Trinajstić information content (AvgIpc) is 2.76. The molecule has 2 aromatic carbocycles. The lowest BCUT2D eigenvalue weighted by molar-refractivity contribution is 0.392. The number of nitrogens with zero attached hydrogens (tertiary/aromatic N) is 1. The van der Waals surface area contributed by atoms with Crippen molar-refractivity contribution in [3.8, 4) is 5.75 Å². The van der Waals surface area contributed by atoms with Gasteiger partial charge in [-0.15, -0.1) is 0 Å². The van der Waals surface area contributed by atoms with E-state index < -0.39 is 27.7 Å². The second-order valence-electron chi connectivity index (χ2n) is 5.15. The van der Waals surface area contributed by atoms with Crippen LogP contribution in [0.1, 0.15) is 11.1 Å². The highest BCUT2D eigenvalue weighted by Gasteiger charge is 2.30. The van der Waals surface area contributed by atoms with E-state index in [9.17, 15) is 27.4 Å². The first-order valence-corrected chi connectivity index (χ1v) is 8.19. The number of phenolic OH excluding ortho intramolecular Hbond substituents is 1. The van der Waals surface area contributed by atoms with Crippen molar-refractivity contribution in [2.75, 3.05) is 4.31 Å². The molecule has 24 heavy (non-hydrogen) atoms. The summed E-state index contributed by atoms with van der Waals surface area (Å²) in [5, 5.41) is 19.3. The van der Waals surface area contributed by atoms with Crippen molar-refractivity contribution >= 4 is 15.9 Å². The van der Waals surface area contributed by atoms with E-state index in [2.05, 4.69) is 0 Å². The van der Waals surface area contributed by atoms with Gasteiger partial charge in [0.1, 0.15) is 23.1 Å². The molecular weight excluding hydrogens is 342 g/mol. The van der Waals surface area contributed by atoms with Gasteiger partial charge in [0.2, 0.25) is 5.88 Å². The van der Waals surface area contributed by atoms with Crippen LogP contribution >= 0.6 is 0 Å². The number of hydrogen-bond acceptors (Lipinski definition) is 4. The van der Waals surface area contributed by atoms with E-state index in [0.29, 0.717) is 9.87 Å². The lowest BCUT2D eigenvalue weighted by Gasteiger charge is -2.16. The number of phenols is 1. The summed E-state index contributed by atoms with van der Waals surface area (Å²) in [4.78, 5) is 0. The van der Waals surface area contributed by atoms with E-state index >= 15 is 0 Å². The summed E-state index contributed by atoms with van der Waals surface area (Å²) in [5.74, 6) is -2.14. The molecule has 0 amide bonds. The fraction of sp³-hybridized carbons (Fsp3) is 0.0667. The zero-order valence-electron chi connectivity index (χ0n) is 12.1. The van der Waals surface area contributed by atoms with E-state index in [0.717, 1.165) is 24.4 Å². The number of aliphatic hydroxyl groups excluding tert-OH is 1. The standard InChI is InChI=1S/C15H12F2N2O4S/c16-11-2-3-12(17)10(7-11)5-9-1-4-13(14(20)6-9)19-8-15(21)18-24(19,22)23/h1-4,6-8,18,20-21H,5H2. The van der Waals surface area contributed by atoms with E-state index in [1.54, 1.807) is 0 Å². The fourth-order valence-electron chi connectivity index (χ4n) is 2.35. The highest BCUT2D eigenvalue weighted by atomic mass is 32.2. The summed E-state index contributed by atoms with van der Waals surface area (Å²) in [6, 6.07) is 7.08. The van der Waals surface area contributed by atoms with Crippen LogP contribution in [0.25, 0.3) is 0 Å². The summed E-state index contributed by atoms with van der Waals surface area (Å²) in [7, 11) is -4.02. The zero-order valence-corrected chi connectivity index (χ0v) is 12.9. The summed E-state index contributed by atoms with van der Waals surface area (Å²) in [6.07, 6.45) is 0.916. The van der Waals surface area contributed by atoms with E-state index in [4.69, 9.17) is 0 Å². The SMILES string of the molecule is O=S1(=O)NC(O)=CN1c1ccc(Cc2cc(F)ccc2F)cc1O. The predicted octanol–water partition coefficient (Wildman–Crippen LogP) is 2.27. The van der Waals surface area contributed by atoms with Crippen LogP contribution in [0.3, 0.4) is 0 Å². The lowest BCUT2D eigenvalue weighted by Crippen LogP contribution is -2.29. The number of aliphatic hydroxyl groups is 1. The molecular formula is C15H12F2N2O4S. The molecule has 126 valence electrons. The monoisotopic (exact) mass is 354 g/mol. The molecule has 0 unspecified atom stereocenters. The number of anilines is 1. The molecule has 0 saturated carbocycles. The van der Waals surface area contributed by atoms with Gasteiger partial charge in [-0.1, -0.05) is 6.07 Å². The minimum absolute atomic E-state index is 0.0174. The molecule has 0 radical (unpaired) electrons. The van der Waals surface area contributed by atoms with Gasteiger partial charge in [0, 0.05) is 6.42 Å². The molecule has 0 fully saturated rings. The number of halogens is 2. The van der Waals surface area contributed by atoms with Crippen LogP contribution in [0.4, 0.5) is 14.5 Å². The van der Waals surface area contributed by atoms with Gasteiger partial charge in [0.05, 0.1) is 6.20 Å². The van der Waals surface area contributed by atoms with Crippen LogP contribution in [-0.4, -0.2) is 18.6 Å². The van der Waals surface area contributed by atoms with Crippen LogP contribution in [-0.2, 0) is 16.6 Å². The minimum atomic E-state index is -4.02. The molecule has 0 aromatic heterocycles. The van der Waals surface area contributed by atoms with Gasteiger partial charge in [-0.3, -0.25) is 0 Å². The maximum Gasteiger partial charge on any atom is 0.330 e. The van der Waals surface area contributed by atoms with Crippen LogP contribution < -0.4 is 9.03 Å². The van der Waals surface area contributed by atoms with Crippen molar-refractivity contribution in [1.82, 2.24) is 4.72 Å². The molecule has 0 atom stereocenters. The quantitative estimate of drug-likeness (QED) is 0.789. The third-order valence-electron chi connectivity index (χ3n) is 3.41. The van der Waals surface area contributed by atoms with Crippen LogP contribution in [0, 0.1) is 11.6 Å². The average molecular weight is 354 g/mol. The molecule has 9 heteroatoms. The van der Waals surface area contributed by atoms with Gasteiger partial charge in [-0.25, -0.2) is 17.8 Å². The van der Waals surface area contributed by atoms with E-state index in [-0.39, 0.29) is 23.4 Å². The summed E-state index contributed by atoms with van der Waals surface area (Å²) in [6.45, 7) is 0. The maximum atomic E-state index is 13.7. The first kappa shape index (κ1) is 16.1. The van der Waals surface area contributed by atoms with Crippen LogP contribution in [0.15, 0.2) is 48.5 Å². The van der Waals surface area contributed by atoms with Crippen LogP contribution in [0.5, 0.6) is 5.75 Å². The Morgan fingerprint density at radius 3 is 2.46 bits per heavy atom. The van der Waals surface area contributed by atoms with Crippen molar-refractivity contribution in [1.29, 1.82) is 0 Å². The van der Waals surface area contributed by atoms with Gasteiger partial charge < -0.3 is 10.2 Å². The number of benzene rings is 2. The molecule has 1 aliphatic heterocycles. The Morgan fingerprint density at radius 1 is 1.08 bits per heavy atom. The summed E-state index contributed by atoms with van der Waals surface area (Å²) < 4.78 is 52.9. The Labute approximate surface area is 136 Å². The van der Waals surface area contributed by atoms with E-state index in [1.807, 2.05) is 4.72 Å². The largest absolute Gasteiger partial charge is 0.506 e. The van der Waals surface area contributed by atoms with Gasteiger partial charge in [0.15, 0.2) is 0 Å². The fourth-order valence-corrected chi connectivity index (χ4v) is 3.42. The maximum absolute atomic E-state index is 13.7. The van der Waals surface area contributed by atoms with Crippen molar-refractivity contribution in [3.05, 3.63) is 71.2 Å². The number of aromatic hydroxyl groups is 1. The lowest BCUT2D eigenvalue weighted by atomic mass is 10.0. The van der Waals surface area contributed by atoms with E-state index in [1.165, 1.54) is 18.2 Å². The predicted molar refractivity (Wildman–Crippen MR) is 82.5 cm³/mol. The highest BCUT2D eigenvalue weighted by Crippen LogP contribution is 2.33.